The van der Waals surface area contributed by atoms with Gasteiger partial charge in [-0.25, -0.2) is 14.2 Å². The summed E-state index contributed by atoms with van der Waals surface area (Å²) in [5, 5.41) is 9.34. The molecular weight excluding hydrogens is 353 g/mol. The fourth-order valence-electron chi connectivity index (χ4n) is 3.36. The first-order chi connectivity index (χ1) is 13.1. The van der Waals surface area contributed by atoms with E-state index in [1.165, 1.54) is 29.4 Å². The SMILES string of the molecule is O=C(c1cc(N2CCNC2=O)ccc1F)N1CCN(Cc2ncn[nH]2)CC1. The molecule has 2 aliphatic heterocycles. The number of H-pyrrole nitrogens is 1. The van der Waals surface area contributed by atoms with E-state index in [9.17, 15) is 14.0 Å². The molecule has 3 heterocycles. The van der Waals surface area contributed by atoms with Crippen molar-refractivity contribution >= 4 is 17.6 Å². The Balaban J connectivity index is 1.43. The summed E-state index contributed by atoms with van der Waals surface area (Å²) in [5.41, 5.74) is 0.523. The van der Waals surface area contributed by atoms with Crippen LogP contribution in [0.4, 0.5) is 14.9 Å². The van der Waals surface area contributed by atoms with Gasteiger partial charge in [0.2, 0.25) is 0 Å². The maximum Gasteiger partial charge on any atom is 0.321 e. The quantitative estimate of drug-likeness (QED) is 0.810. The molecule has 2 fully saturated rings. The van der Waals surface area contributed by atoms with E-state index in [0.717, 1.165) is 5.82 Å². The third-order valence-electron chi connectivity index (χ3n) is 4.85. The maximum absolute atomic E-state index is 14.3. The van der Waals surface area contributed by atoms with Gasteiger partial charge in [0.15, 0.2) is 0 Å². The number of piperazine rings is 1. The van der Waals surface area contributed by atoms with Crippen molar-refractivity contribution in [2.75, 3.05) is 44.2 Å². The number of aromatic amines is 1. The maximum atomic E-state index is 14.3. The molecule has 10 heteroatoms. The predicted octanol–water partition coefficient (Wildman–Crippen LogP) is 0.431. The summed E-state index contributed by atoms with van der Waals surface area (Å²) < 4.78 is 14.3. The molecule has 0 bridgehead atoms. The van der Waals surface area contributed by atoms with Gasteiger partial charge >= 0.3 is 6.03 Å². The molecule has 0 atom stereocenters. The van der Waals surface area contributed by atoms with Crippen molar-refractivity contribution in [1.82, 2.24) is 30.3 Å². The predicted molar refractivity (Wildman–Crippen MR) is 94.7 cm³/mol. The summed E-state index contributed by atoms with van der Waals surface area (Å²) in [6.45, 7) is 4.01. The Morgan fingerprint density at radius 1 is 1.19 bits per heavy atom. The van der Waals surface area contributed by atoms with E-state index in [0.29, 0.717) is 51.5 Å². The lowest BCUT2D eigenvalue weighted by atomic mass is 10.1. The number of amides is 3. The van der Waals surface area contributed by atoms with Crippen molar-refractivity contribution in [3.63, 3.8) is 0 Å². The first kappa shape index (κ1) is 17.4. The van der Waals surface area contributed by atoms with Crippen molar-refractivity contribution < 1.29 is 14.0 Å². The van der Waals surface area contributed by atoms with Gasteiger partial charge in [0, 0.05) is 45.0 Å². The largest absolute Gasteiger partial charge is 0.336 e. The molecule has 4 rings (SSSR count). The number of carbonyl (C=O) groups is 2. The monoisotopic (exact) mass is 373 g/mol. The van der Waals surface area contributed by atoms with E-state index in [4.69, 9.17) is 0 Å². The molecule has 2 aliphatic rings. The van der Waals surface area contributed by atoms with Crippen LogP contribution in [0.1, 0.15) is 16.2 Å². The number of hydrogen-bond donors (Lipinski definition) is 2. The van der Waals surface area contributed by atoms with E-state index in [-0.39, 0.29) is 17.5 Å². The number of rotatable bonds is 4. The number of nitrogens with one attached hydrogen (secondary N) is 2. The van der Waals surface area contributed by atoms with E-state index >= 15 is 0 Å². The first-order valence-electron chi connectivity index (χ1n) is 8.82. The third-order valence-corrected chi connectivity index (χ3v) is 4.85. The van der Waals surface area contributed by atoms with Crippen molar-refractivity contribution in [3.05, 3.63) is 41.7 Å². The summed E-state index contributed by atoms with van der Waals surface area (Å²) in [7, 11) is 0. The molecular formula is C17H20FN7O2. The minimum Gasteiger partial charge on any atom is -0.336 e. The van der Waals surface area contributed by atoms with E-state index in [2.05, 4.69) is 25.4 Å². The van der Waals surface area contributed by atoms with Crippen LogP contribution in [-0.4, -0.2) is 76.2 Å². The lowest BCUT2D eigenvalue weighted by molar-refractivity contribution is 0.0621. The fourth-order valence-corrected chi connectivity index (χ4v) is 3.36. The van der Waals surface area contributed by atoms with Crippen LogP contribution in [0.15, 0.2) is 24.5 Å². The summed E-state index contributed by atoms with van der Waals surface area (Å²) in [6, 6.07) is 3.99. The van der Waals surface area contributed by atoms with Crippen LogP contribution in [0.25, 0.3) is 0 Å². The molecule has 142 valence electrons. The Labute approximate surface area is 155 Å². The van der Waals surface area contributed by atoms with Crippen molar-refractivity contribution in [3.8, 4) is 0 Å². The smallest absolute Gasteiger partial charge is 0.321 e. The molecule has 9 nitrogen and oxygen atoms in total. The van der Waals surface area contributed by atoms with E-state index in [1.807, 2.05) is 0 Å². The summed E-state index contributed by atoms with van der Waals surface area (Å²) in [5.74, 6) is -0.155. The highest BCUT2D eigenvalue weighted by molar-refractivity contribution is 5.98. The Kier molecular flexibility index (Phi) is 4.71. The molecule has 1 aromatic carbocycles. The number of anilines is 1. The molecule has 1 aromatic heterocycles. The number of halogens is 1. The van der Waals surface area contributed by atoms with Crippen molar-refractivity contribution in [2.24, 2.45) is 0 Å². The Hall–Kier alpha value is -3.01. The second-order valence-electron chi connectivity index (χ2n) is 6.55. The van der Waals surface area contributed by atoms with Gasteiger partial charge in [-0.1, -0.05) is 0 Å². The Bertz CT molecular complexity index is 834. The van der Waals surface area contributed by atoms with Crippen LogP contribution < -0.4 is 10.2 Å². The number of urea groups is 1. The van der Waals surface area contributed by atoms with Gasteiger partial charge in [-0.15, -0.1) is 0 Å². The molecule has 27 heavy (non-hydrogen) atoms. The Morgan fingerprint density at radius 3 is 2.67 bits per heavy atom. The van der Waals surface area contributed by atoms with Gasteiger partial charge in [0.25, 0.3) is 5.91 Å². The summed E-state index contributed by atoms with van der Waals surface area (Å²) in [4.78, 5) is 34.0. The molecule has 0 radical (unpaired) electrons. The van der Waals surface area contributed by atoms with Gasteiger partial charge in [0.1, 0.15) is 18.0 Å². The molecule has 2 aromatic rings. The molecule has 3 amide bonds. The Morgan fingerprint density at radius 2 is 2.00 bits per heavy atom. The van der Waals surface area contributed by atoms with Crippen LogP contribution in [0.5, 0.6) is 0 Å². The number of nitrogens with zero attached hydrogens (tertiary/aromatic N) is 5. The highest BCUT2D eigenvalue weighted by atomic mass is 19.1. The minimum atomic E-state index is -0.576. The zero-order valence-corrected chi connectivity index (χ0v) is 14.7. The van der Waals surface area contributed by atoms with Crippen LogP contribution in [0.2, 0.25) is 0 Å². The number of hydrogen-bond acceptors (Lipinski definition) is 5. The highest BCUT2D eigenvalue weighted by Crippen LogP contribution is 2.22. The number of aromatic nitrogens is 3. The number of benzene rings is 1. The van der Waals surface area contributed by atoms with Gasteiger partial charge in [-0.2, -0.15) is 5.10 Å². The standard InChI is InChI=1S/C17H20FN7O2/c18-14-2-1-12(25-4-3-19-17(25)27)9-13(14)16(26)24-7-5-23(6-8-24)10-15-20-11-21-22-15/h1-2,9,11H,3-8,10H2,(H,19,27)(H,20,21,22). The van der Waals surface area contributed by atoms with Crippen LogP contribution in [0, 0.1) is 5.82 Å². The van der Waals surface area contributed by atoms with Crippen molar-refractivity contribution in [1.29, 1.82) is 0 Å². The fraction of sp³-hybridized carbons (Fsp3) is 0.412. The number of carbonyl (C=O) groups excluding carboxylic acids is 2. The van der Waals surface area contributed by atoms with Gasteiger partial charge in [-0.3, -0.25) is 19.7 Å². The summed E-state index contributed by atoms with van der Waals surface area (Å²) in [6.07, 6.45) is 1.46. The lowest BCUT2D eigenvalue weighted by Crippen LogP contribution is -2.48. The molecule has 0 saturated carbocycles. The zero-order chi connectivity index (χ0) is 18.8. The highest BCUT2D eigenvalue weighted by Gasteiger charge is 2.27. The van der Waals surface area contributed by atoms with E-state index < -0.39 is 5.82 Å². The van der Waals surface area contributed by atoms with Gasteiger partial charge in [-0.05, 0) is 18.2 Å². The lowest BCUT2D eigenvalue weighted by Gasteiger charge is -2.34. The normalized spacial score (nSPS) is 18.0. The molecule has 0 spiro atoms. The molecule has 2 saturated heterocycles. The zero-order valence-electron chi connectivity index (χ0n) is 14.7. The minimum absolute atomic E-state index is 0.00381. The summed E-state index contributed by atoms with van der Waals surface area (Å²) >= 11 is 0. The van der Waals surface area contributed by atoms with Crippen molar-refractivity contribution in [2.45, 2.75) is 6.54 Å². The topological polar surface area (TPSA) is 97.5 Å². The van der Waals surface area contributed by atoms with Gasteiger partial charge < -0.3 is 10.2 Å². The van der Waals surface area contributed by atoms with Crippen LogP contribution >= 0.6 is 0 Å². The van der Waals surface area contributed by atoms with E-state index in [1.54, 1.807) is 4.90 Å². The van der Waals surface area contributed by atoms with Gasteiger partial charge in [0.05, 0.1) is 12.1 Å². The third kappa shape index (κ3) is 3.61. The first-order valence-corrected chi connectivity index (χ1v) is 8.82. The van der Waals surface area contributed by atoms with Crippen LogP contribution in [-0.2, 0) is 6.54 Å². The van der Waals surface area contributed by atoms with Crippen LogP contribution in [0.3, 0.4) is 0 Å². The second-order valence-corrected chi connectivity index (χ2v) is 6.55. The molecule has 2 N–H and O–H groups in total. The molecule has 0 aliphatic carbocycles. The average molecular weight is 373 g/mol. The molecule has 0 unspecified atom stereocenters. The second kappa shape index (κ2) is 7.31. The average Bonchev–Trinajstić information content (AvgIpc) is 3.34.